The Morgan fingerprint density at radius 1 is 1.50 bits per heavy atom. The largest absolute Gasteiger partial charge is 0.336 e. The molecule has 0 saturated heterocycles. The number of aromatic amines is 1. The molecule has 1 aromatic heterocycles. The number of rotatable bonds is 4. The smallest absolute Gasteiger partial charge is 0.275 e. The molecule has 0 aliphatic rings. The number of carbonyl (C=O) groups is 1. The van der Waals surface area contributed by atoms with Crippen LogP contribution >= 0.6 is 28.3 Å². The fourth-order valence-electron chi connectivity index (χ4n) is 1.39. The summed E-state index contributed by atoms with van der Waals surface area (Å²) in [6, 6.07) is -0.00593. The summed E-state index contributed by atoms with van der Waals surface area (Å²) < 4.78 is 0.744. The number of nitrogens with two attached hydrogens (primary N) is 1. The SMILES string of the molecule is CC(C)c1[nH]nc(C(=O)N(C)C(C)CN)c1Br.Cl. The maximum Gasteiger partial charge on any atom is 0.275 e. The number of H-pyrrole nitrogens is 1. The highest BCUT2D eigenvalue weighted by Gasteiger charge is 2.24. The molecule has 0 aromatic carbocycles. The highest BCUT2D eigenvalue weighted by atomic mass is 79.9. The van der Waals surface area contributed by atoms with Crippen molar-refractivity contribution in [2.24, 2.45) is 5.73 Å². The van der Waals surface area contributed by atoms with Crippen molar-refractivity contribution in [2.75, 3.05) is 13.6 Å². The molecular weight excluding hydrogens is 320 g/mol. The number of likely N-dealkylation sites (N-methyl/N-ethyl adjacent to an activating group) is 1. The van der Waals surface area contributed by atoms with Crippen LogP contribution in [0.4, 0.5) is 0 Å². The maximum atomic E-state index is 12.2. The van der Waals surface area contributed by atoms with Gasteiger partial charge in [0.25, 0.3) is 5.91 Å². The van der Waals surface area contributed by atoms with Gasteiger partial charge in [-0.15, -0.1) is 12.4 Å². The molecule has 18 heavy (non-hydrogen) atoms. The Kier molecular flexibility index (Phi) is 6.88. The van der Waals surface area contributed by atoms with Crippen molar-refractivity contribution in [3.8, 4) is 0 Å². The van der Waals surface area contributed by atoms with Crippen molar-refractivity contribution >= 4 is 34.2 Å². The van der Waals surface area contributed by atoms with Crippen LogP contribution < -0.4 is 5.73 Å². The second-order valence-electron chi connectivity index (χ2n) is 4.46. The predicted molar refractivity (Wildman–Crippen MR) is 78.2 cm³/mol. The van der Waals surface area contributed by atoms with Crippen LogP contribution in [0.2, 0.25) is 0 Å². The van der Waals surface area contributed by atoms with Crippen molar-refractivity contribution in [2.45, 2.75) is 32.7 Å². The summed E-state index contributed by atoms with van der Waals surface area (Å²) >= 11 is 3.42. The standard InChI is InChI=1S/C11H19BrN4O.ClH/c1-6(2)9-8(12)10(15-14-9)11(17)16(4)7(3)5-13;/h6-7H,5,13H2,1-4H3,(H,14,15);1H. The molecule has 0 aliphatic carbocycles. The van der Waals surface area contributed by atoms with E-state index >= 15 is 0 Å². The van der Waals surface area contributed by atoms with Crippen LogP contribution in [0.5, 0.6) is 0 Å². The molecule has 1 rings (SSSR count). The minimum Gasteiger partial charge on any atom is -0.336 e. The zero-order valence-electron chi connectivity index (χ0n) is 11.0. The average Bonchev–Trinajstić information content (AvgIpc) is 2.68. The zero-order chi connectivity index (χ0) is 13.2. The molecule has 1 heterocycles. The Balaban J connectivity index is 0.00000289. The first-order valence-corrected chi connectivity index (χ1v) is 6.40. The van der Waals surface area contributed by atoms with E-state index in [1.54, 1.807) is 11.9 Å². The van der Waals surface area contributed by atoms with Crippen molar-refractivity contribution in [1.82, 2.24) is 15.1 Å². The molecule has 1 atom stereocenters. The van der Waals surface area contributed by atoms with Gasteiger partial charge in [-0.1, -0.05) is 13.8 Å². The average molecular weight is 340 g/mol. The molecule has 104 valence electrons. The molecule has 1 aromatic rings. The molecule has 0 spiro atoms. The highest BCUT2D eigenvalue weighted by Crippen LogP contribution is 2.26. The zero-order valence-corrected chi connectivity index (χ0v) is 13.4. The van der Waals surface area contributed by atoms with Gasteiger partial charge in [0.15, 0.2) is 5.69 Å². The maximum absolute atomic E-state index is 12.2. The van der Waals surface area contributed by atoms with Gasteiger partial charge >= 0.3 is 0 Å². The number of amides is 1. The topological polar surface area (TPSA) is 75.0 Å². The molecule has 1 unspecified atom stereocenters. The minimum absolute atomic E-state index is 0. The lowest BCUT2D eigenvalue weighted by Gasteiger charge is -2.22. The van der Waals surface area contributed by atoms with Crippen LogP contribution in [0.25, 0.3) is 0 Å². The van der Waals surface area contributed by atoms with Gasteiger partial charge in [0, 0.05) is 19.6 Å². The fraction of sp³-hybridized carbons (Fsp3) is 0.636. The highest BCUT2D eigenvalue weighted by molar-refractivity contribution is 9.10. The van der Waals surface area contributed by atoms with E-state index in [1.165, 1.54) is 0 Å². The van der Waals surface area contributed by atoms with Gasteiger partial charge in [-0.05, 0) is 28.8 Å². The molecule has 7 heteroatoms. The van der Waals surface area contributed by atoms with Gasteiger partial charge in [-0.2, -0.15) is 5.10 Å². The number of aromatic nitrogens is 2. The minimum atomic E-state index is -0.127. The van der Waals surface area contributed by atoms with Gasteiger partial charge in [-0.25, -0.2) is 0 Å². The number of carbonyl (C=O) groups excluding carboxylic acids is 1. The summed E-state index contributed by atoms with van der Waals surface area (Å²) in [4.78, 5) is 13.8. The third-order valence-corrected chi connectivity index (χ3v) is 3.64. The summed E-state index contributed by atoms with van der Waals surface area (Å²) in [7, 11) is 1.73. The van der Waals surface area contributed by atoms with E-state index in [0.29, 0.717) is 12.2 Å². The lowest BCUT2D eigenvalue weighted by atomic mass is 10.1. The molecule has 1 amide bonds. The third-order valence-electron chi connectivity index (χ3n) is 2.84. The summed E-state index contributed by atoms with van der Waals surface area (Å²) in [5, 5.41) is 6.96. The normalized spacial score (nSPS) is 12.2. The van der Waals surface area contributed by atoms with E-state index in [1.807, 2.05) is 20.8 Å². The monoisotopic (exact) mass is 338 g/mol. The van der Waals surface area contributed by atoms with Crippen molar-refractivity contribution in [1.29, 1.82) is 0 Å². The van der Waals surface area contributed by atoms with E-state index in [0.717, 1.165) is 10.2 Å². The lowest BCUT2D eigenvalue weighted by molar-refractivity contribution is 0.0741. The molecule has 0 bridgehead atoms. The first kappa shape index (κ1) is 17.4. The molecular formula is C11H20BrClN4O. The van der Waals surface area contributed by atoms with Gasteiger partial charge < -0.3 is 10.6 Å². The van der Waals surface area contributed by atoms with E-state index in [4.69, 9.17) is 5.73 Å². The summed E-state index contributed by atoms with van der Waals surface area (Å²) in [6.45, 7) is 6.42. The van der Waals surface area contributed by atoms with Gasteiger partial charge in [0.2, 0.25) is 0 Å². The lowest BCUT2D eigenvalue weighted by Crippen LogP contribution is -2.40. The summed E-state index contributed by atoms with van der Waals surface area (Å²) in [5.74, 6) is 0.161. The van der Waals surface area contributed by atoms with Gasteiger partial charge in [-0.3, -0.25) is 9.89 Å². The second-order valence-corrected chi connectivity index (χ2v) is 5.25. The molecule has 3 N–H and O–H groups in total. The summed E-state index contributed by atoms with van der Waals surface area (Å²) in [5.41, 5.74) is 6.89. The molecule has 0 fully saturated rings. The Bertz CT molecular complexity index is 408. The summed E-state index contributed by atoms with van der Waals surface area (Å²) in [6.07, 6.45) is 0. The number of halogens is 2. The van der Waals surface area contributed by atoms with Crippen LogP contribution in [-0.4, -0.2) is 40.6 Å². The predicted octanol–water partition coefficient (Wildman–Crippen LogP) is 2.14. The van der Waals surface area contributed by atoms with E-state index in [9.17, 15) is 4.79 Å². The van der Waals surface area contributed by atoms with Crippen molar-refractivity contribution in [3.05, 3.63) is 15.9 Å². The van der Waals surface area contributed by atoms with Crippen LogP contribution in [-0.2, 0) is 0 Å². The van der Waals surface area contributed by atoms with Crippen molar-refractivity contribution < 1.29 is 4.79 Å². The number of nitrogens with one attached hydrogen (secondary N) is 1. The number of hydrogen-bond donors (Lipinski definition) is 2. The van der Waals surface area contributed by atoms with E-state index in [2.05, 4.69) is 26.1 Å². The van der Waals surface area contributed by atoms with Crippen LogP contribution in [0.15, 0.2) is 4.47 Å². The number of nitrogens with zero attached hydrogens (tertiary/aromatic N) is 2. The Hall–Kier alpha value is -0.590. The second kappa shape index (κ2) is 7.11. The number of hydrogen-bond acceptors (Lipinski definition) is 3. The Morgan fingerprint density at radius 2 is 2.06 bits per heavy atom. The molecule has 0 radical (unpaired) electrons. The van der Waals surface area contributed by atoms with E-state index < -0.39 is 0 Å². The third kappa shape index (κ3) is 3.46. The van der Waals surface area contributed by atoms with E-state index in [-0.39, 0.29) is 30.3 Å². The molecule has 5 nitrogen and oxygen atoms in total. The fourth-order valence-corrected chi connectivity index (χ4v) is 2.20. The Labute approximate surface area is 122 Å². The van der Waals surface area contributed by atoms with Gasteiger partial charge in [0.05, 0.1) is 10.2 Å². The van der Waals surface area contributed by atoms with Crippen LogP contribution in [0, 0.1) is 0 Å². The van der Waals surface area contributed by atoms with Crippen LogP contribution in [0.3, 0.4) is 0 Å². The first-order valence-electron chi connectivity index (χ1n) is 5.61. The van der Waals surface area contributed by atoms with Crippen molar-refractivity contribution in [3.63, 3.8) is 0 Å². The first-order chi connectivity index (χ1) is 7.90. The molecule has 0 saturated carbocycles. The quantitative estimate of drug-likeness (QED) is 0.882. The molecule has 0 aliphatic heterocycles. The van der Waals surface area contributed by atoms with Crippen LogP contribution in [0.1, 0.15) is 42.9 Å². The Morgan fingerprint density at radius 3 is 2.44 bits per heavy atom. The van der Waals surface area contributed by atoms with Gasteiger partial charge in [0.1, 0.15) is 0 Å².